The van der Waals surface area contributed by atoms with Gasteiger partial charge in [-0.25, -0.2) is 4.39 Å². The molecular weight excluding hydrogens is 523 g/mol. The van der Waals surface area contributed by atoms with Gasteiger partial charge in [0.05, 0.1) is 30.0 Å². The van der Waals surface area contributed by atoms with E-state index in [1.165, 1.54) is 0 Å². The minimum absolute atomic E-state index is 0.280. The highest BCUT2D eigenvalue weighted by atomic mass is 19.1. The van der Waals surface area contributed by atoms with Gasteiger partial charge in [0.15, 0.2) is 0 Å². The van der Waals surface area contributed by atoms with Gasteiger partial charge in [0.1, 0.15) is 30.3 Å². The summed E-state index contributed by atoms with van der Waals surface area (Å²) in [7, 11) is 0. The summed E-state index contributed by atoms with van der Waals surface area (Å²) in [6, 6.07) is 6.61. The predicted molar refractivity (Wildman–Crippen MR) is 152 cm³/mol. The zero-order valence-electron chi connectivity index (χ0n) is 23.8. The van der Waals surface area contributed by atoms with Gasteiger partial charge in [0.2, 0.25) is 0 Å². The van der Waals surface area contributed by atoms with E-state index in [9.17, 15) is 9.65 Å². The maximum Gasteiger partial charge on any atom is 0.318 e. The quantitative estimate of drug-likeness (QED) is 0.554. The van der Waals surface area contributed by atoms with Crippen molar-refractivity contribution in [3.05, 3.63) is 40.1 Å². The van der Waals surface area contributed by atoms with Crippen molar-refractivity contribution in [2.75, 3.05) is 56.6 Å². The molecule has 1 aromatic carbocycles. The Morgan fingerprint density at radius 1 is 1.20 bits per heavy atom. The van der Waals surface area contributed by atoms with E-state index in [0.29, 0.717) is 62.4 Å². The first-order valence-electron chi connectivity index (χ1n) is 15.1. The second kappa shape index (κ2) is 10.4. The van der Waals surface area contributed by atoms with Crippen molar-refractivity contribution in [1.82, 2.24) is 14.9 Å². The van der Waals surface area contributed by atoms with Gasteiger partial charge in [-0.1, -0.05) is 13.0 Å². The Bertz CT molecular complexity index is 1370. The monoisotopic (exact) mass is 562 g/mol. The van der Waals surface area contributed by atoms with Crippen molar-refractivity contribution in [3.8, 4) is 12.1 Å². The van der Waals surface area contributed by atoms with Crippen LogP contribution in [0.4, 0.5) is 15.9 Å². The third-order valence-electron chi connectivity index (χ3n) is 10.1. The summed E-state index contributed by atoms with van der Waals surface area (Å²) in [5.74, 6) is 1.14. The molecule has 10 heteroatoms. The van der Waals surface area contributed by atoms with Crippen molar-refractivity contribution >= 4 is 11.5 Å². The number of anilines is 2. The van der Waals surface area contributed by atoms with Crippen LogP contribution in [0.1, 0.15) is 79.3 Å². The number of nitrogen functional groups attached to an aromatic ring is 1. The van der Waals surface area contributed by atoms with E-state index >= 15 is 0 Å². The van der Waals surface area contributed by atoms with Gasteiger partial charge < -0.3 is 24.8 Å². The molecule has 2 N–H and O–H groups in total. The fourth-order valence-electron chi connectivity index (χ4n) is 7.96. The normalized spacial score (nSPS) is 31.3. The number of fused-ring (bicyclic) bond motifs is 4. The molecule has 9 nitrogen and oxygen atoms in total. The molecule has 0 bridgehead atoms. The Kier molecular flexibility index (Phi) is 6.80. The van der Waals surface area contributed by atoms with Gasteiger partial charge in [-0.15, -0.1) is 0 Å². The van der Waals surface area contributed by atoms with Crippen molar-refractivity contribution in [2.24, 2.45) is 0 Å². The third kappa shape index (κ3) is 4.53. The van der Waals surface area contributed by atoms with Crippen molar-refractivity contribution in [1.29, 1.82) is 5.26 Å². The molecule has 4 atom stereocenters. The van der Waals surface area contributed by atoms with Crippen LogP contribution in [0.15, 0.2) is 12.1 Å². The summed E-state index contributed by atoms with van der Waals surface area (Å²) in [4.78, 5) is 14.5. The third-order valence-corrected chi connectivity index (χ3v) is 10.1. The van der Waals surface area contributed by atoms with E-state index in [-0.39, 0.29) is 5.54 Å². The number of nitrogens with zero attached hydrogens (tertiary/aromatic N) is 5. The Balaban J connectivity index is 1.28. The average molecular weight is 563 g/mol. The Morgan fingerprint density at radius 3 is 2.98 bits per heavy atom. The molecule has 1 spiro atoms. The number of alkyl halides is 1. The molecule has 218 valence electrons. The number of aromatic nitrogens is 2. The highest BCUT2D eigenvalue weighted by molar-refractivity contribution is 5.64. The number of nitrogens with two attached hydrogens (primary N) is 1. The van der Waals surface area contributed by atoms with E-state index in [1.54, 1.807) is 0 Å². The minimum Gasteiger partial charge on any atom is -0.461 e. The number of ether oxygens (including phenoxy) is 3. The molecule has 4 aliphatic heterocycles. The van der Waals surface area contributed by atoms with Gasteiger partial charge in [-0.05, 0) is 56.2 Å². The molecule has 41 heavy (non-hydrogen) atoms. The lowest BCUT2D eigenvalue weighted by Gasteiger charge is -2.45. The molecule has 2 aromatic rings. The van der Waals surface area contributed by atoms with Crippen LogP contribution >= 0.6 is 0 Å². The van der Waals surface area contributed by atoms with Gasteiger partial charge in [-0.3, -0.25) is 4.90 Å². The first kappa shape index (κ1) is 26.9. The van der Waals surface area contributed by atoms with Crippen molar-refractivity contribution in [3.63, 3.8) is 0 Å². The largest absolute Gasteiger partial charge is 0.461 e. The zero-order valence-corrected chi connectivity index (χ0v) is 23.8. The topological polar surface area (TPSA) is 110 Å². The van der Waals surface area contributed by atoms with Crippen LogP contribution in [0.3, 0.4) is 0 Å². The summed E-state index contributed by atoms with van der Waals surface area (Å²) < 4.78 is 33.4. The lowest BCUT2D eigenvalue weighted by atomic mass is 9.69. The number of rotatable bonds is 4. The van der Waals surface area contributed by atoms with Crippen LogP contribution in [0, 0.1) is 11.3 Å². The molecule has 0 amide bonds. The second-order valence-corrected chi connectivity index (χ2v) is 12.6. The Labute approximate surface area is 240 Å². The fraction of sp³-hybridized carbons (Fsp3) is 0.645. The van der Waals surface area contributed by atoms with E-state index < -0.39 is 11.8 Å². The maximum absolute atomic E-state index is 14.4. The SMILES string of the molecule is C[C@@H]1CC[C@@]2(Cc3nc(OC[C@@]45CCCN4C[C@H](F)C5)nc(N4CCCOCC4)c3CO2)c2c1ccc(N)c2C#N. The van der Waals surface area contributed by atoms with Crippen LogP contribution in [0.25, 0.3) is 0 Å². The lowest BCUT2D eigenvalue weighted by molar-refractivity contribution is -0.0873. The molecule has 0 unspecified atom stereocenters. The van der Waals surface area contributed by atoms with E-state index in [4.69, 9.17) is 29.9 Å². The molecule has 3 saturated heterocycles. The summed E-state index contributed by atoms with van der Waals surface area (Å²) in [5, 5.41) is 10.1. The highest BCUT2D eigenvalue weighted by Gasteiger charge is 2.50. The van der Waals surface area contributed by atoms with Crippen LogP contribution in [-0.4, -0.2) is 72.6 Å². The number of halogens is 1. The maximum atomic E-state index is 14.4. The van der Waals surface area contributed by atoms with E-state index in [2.05, 4.69) is 28.9 Å². The highest BCUT2D eigenvalue weighted by Crippen LogP contribution is 2.51. The molecule has 0 saturated carbocycles. The molecule has 0 radical (unpaired) electrons. The summed E-state index contributed by atoms with van der Waals surface area (Å²) in [6.07, 6.45) is 4.82. The number of hydrogen-bond donors (Lipinski definition) is 1. The molecule has 3 fully saturated rings. The molecular formula is C31H39FN6O3. The van der Waals surface area contributed by atoms with Gasteiger partial charge >= 0.3 is 6.01 Å². The fourth-order valence-corrected chi connectivity index (χ4v) is 7.96. The number of hydrogen-bond acceptors (Lipinski definition) is 9. The molecule has 5 aliphatic rings. The van der Waals surface area contributed by atoms with Crippen LogP contribution in [0.5, 0.6) is 6.01 Å². The second-order valence-electron chi connectivity index (χ2n) is 12.6. The first-order valence-corrected chi connectivity index (χ1v) is 15.1. The van der Waals surface area contributed by atoms with Gasteiger partial charge in [0.25, 0.3) is 0 Å². The zero-order chi connectivity index (χ0) is 28.2. The summed E-state index contributed by atoms with van der Waals surface area (Å²) in [5.41, 5.74) is 10.3. The number of benzene rings is 1. The molecule has 1 aliphatic carbocycles. The molecule has 5 heterocycles. The predicted octanol–water partition coefficient (Wildman–Crippen LogP) is 3.98. The molecule has 1 aromatic heterocycles. The minimum atomic E-state index is -0.816. The van der Waals surface area contributed by atoms with Gasteiger partial charge in [0, 0.05) is 55.9 Å². The average Bonchev–Trinajstić information content (AvgIpc) is 3.35. The van der Waals surface area contributed by atoms with Crippen LogP contribution < -0.4 is 15.4 Å². The van der Waals surface area contributed by atoms with E-state index in [0.717, 1.165) is 86.5 Å². The standard InChI is InChI=1S/C31H39FN6O3/c1-20-6-8-31(27-22(20)4-5-25(34)23(27)16-33)15-26-24(18-41-31)28(37-9-3-12-39-13-11-37)36-29(35-26)40-19-30-7-2-10-38(30)17-21(32)14-30/h4-5,20-21H,2-3,6-15,17-19,34H2,1H3/t20-,21-,30+,31-/m1/s1. The summed E-state index contributed by atoms with van der Waals surface area (Å²) >= 11 is 0. The van der Waals surface area contributed by atoms with Crippen molar-refractivity contribution in [2.45, 2.75) is 81.7 Å². The number of nitriles is 1. The first-order chi connectivity index (χ1) is 19.9. The Morgan fingerprint density at radius 2 is 2.10 bits per heavy atom. The van der Waals surface area contributed by atoms with Crippen LogP contribution in [0.2, 0.25) is 0 Å². The van der Waals surface area contributed by atoms with Crippen LogP contribution in [-0.2, 0) is 28.1 Å². The van der Waals surface area contributed by atoms with Gasteiger partial charge in [-0.2, -0.15) is 15.2 Å². The Hall–Kier alpha value is -3.00. The lowest BCUT2D eigenvalue weighted by Crippen LogP contribution is -2.44. The molecule has 7 rings (SSSR count). The van der Waals surface area contributed by atoms with Crippen molar-refractivity contribution < 1.29 is 18.6 Å². The smallest absolute Gasteiger partial charge is 0.318 e. The summed E-state index contributed by atoms with van der Waals surface area (Å²) in [6.45, 7) is 7.22. The van der Waals surface area contributed by atoms with E-state index in [1.807, 2.05) is 6.07 Å².